The zero-order valence-electron chi connectivity index (χ0n) is 33.8. The first-order valence-electron chi connectivity index (χ1n) is 20.9. The third-order valence-corrected chi connectivity index (χ3v) is 12.7. The highest BCUT2D eigenvalue weighted by Gasteiger charge is 2.36. The topological polar surface area (TPSA) is 3.24 Å². The minimum Gasteiger partial charge on any atom is -0.310 e. The van der Waals surface area contributed by atoms with E-state index in [0.717, 1.165) is 17.1 Å². The third kappa shape index (κ3) is 5.93. The van der Waals surface area contributed by atoms with Crippen molar-refractivity contribution >= 4 is 38.6 Å². The first kappa shape index (κ1) is 35.7. The predicted octanol–water partition coefficient (Wildman–Crippen LogP) is 16.4. The second-order valence-corrected chi connectivity index (χ2v) is 16.5. The molecule has 0 bridgehead atoms. The molecule has 0 fully saturated rings. The van der Waals surface area contributed by atoms with E-state index in [4.69, 9.17) is 0 Å². The molecule has 10 aromatic rings. The van der Waals surface area contributed by atoms with Crippen molar-refractivity contribution in [2.24, 2.45) is 0 Å². The van der Waals surface area contributed by atoms with Gasteiger partial charge in [-0.05, 0) is 119 Å². The predicted molar refractivity (Wildman–Crippen MR) is 255 cm³/mol. The van der Waals surface area contributed by atoms with Crippen LogP contribution in [0.3, 0.4) is 0 Å². The van der Waals surface area contributed by atoms with Crippen LogP contribution >= 0.6 is 0 Å². The van der Waals surface area contributed by atoms with Gasteiger partial charge in [0.05, 0.1) is 5.69 Å². The largest absolute Gasteiger partial charge is 0.310 e. The van der Waals surface area contributed by atoms with Gasteiger partial charge >= 0.3 is 0 Å². The summed E-state index contributed by atoms with van der Waals surface area (Å²) in [6.07, 6.45) is 0. The number of anilines is 3. The minimum absolute atomic E-state index is 0.141. The summed E-state index contributed by atoms with van der Waals surface area (Å²) in [6.45, 7) is 4.73. The van der Waals surface area contributed by atoms with Crippen molar-refractivity contribution in [3.05, 3.63) is 236 Å². The van der Waals surface area contributed by atoms with Gasteiger partial charge in [-0.3, -0.25) is 0 Å². The average Bonchev–Trinajstić information content (AvgIpc) is 3.54. The van der Waals surface area contributed by atoms with Crippen molar-refractivity contribution in [2.75, 3.05) is 4.90 Å². The molecule has 0 saturated heterocycles. The number of benzene rings is 10. The summed E-state index contributed by atoms with van der Waals surface area (Å²) in [5, 5.41) is 5.02. The smallest absolute Gasteiger partial charge is 0.0546 e. The summed E-state index contributed by atoms with van der Waals surface area (Å²) in [5.74, 6) is 0. The molecule has 0 radical (unpaired) electrons. The molecule has 0 aliphatic heterocycles. The molecule has 11 rings (SSSR count). The van der Waals surface area contributed by atoms with Crippen molar-refractivity contribution < 1.29 is 0 Å². The molecule has 1 aliphatic carbocycles. The van der Waals surface area contributed by atoms with Gasteiger partial charge in [-0.2, -0.15) is 0 Å². The van der Waals surface area contributed by atoms with Crippen LogP contribution in [0.4, 0.5) is 17.1 Å². The molecule has 284 valence electrons. The zero-order valence-corrected chi connectivity index (χ0v) is 33.8. The molecule has 0 unspecified atom stereocenters. The average molecular weight is 766 g/mol. The Labute approximate surface area is 352 Å². The molecular formula is C59H43N. The van der Waals surface area contributed by atoms with Gasteiger partial charge in [0, 0.05) is 22.4 Å². The van der Waals surface area contributed by atoms with E-state index in [1.165, 1.54) is 88.3 Å². The van der Waals surface area contributed by atoms with E-state index >= 15 is 0 Å². The second-order valence-electron chi connectivity index (χ2n) is 16.5. The first-order valence-corrected chi connectivity index (χ1v) is 20.9. The van der Waals surface area contributed by atoms with E-state index in [1.807, 2.05) is 0 Å². The maximum Gasteiger partial charge on any atom is 0.0546 e. The Morgan fingerprint density at radius 3 is 1.55 bits per heavy atom. The van der Waals surface area contributed by atoms with Crippen LogP contribution in [0.25, 0.3) is 77.2 Å². The fourth-order valence-electron chi connectivity index (χ4n) is 9.68. The molecule has 60 heavy (non-hydrogen) atoms. The molecule has 1 heteroatoms. The molecule has 0 atom stereocenters. The van der Waals surface area contributed by atoms with Crippen LogP contribution in [-0.2, 0) is 5.41 Å². The van der Waals surface area contributed by atoms with Gasteiger partial charge < -0.3 is 4.90 Å². The normalized spacial score (nSPS) is 12.6. The van der Waals surface area contributed by atoms with E-state index in [1.54, 1.807) is 0 Å². The van der Waals surface area contributed by atoms with Crippen LogP contribution in [0, 0.1) is 0 Å². The van der Waals surface area contributed by atoms with Gasteiger partial charge in [-0.1, -0.05) is 202 Å². The Bertz CT molecular complexity index is 3200. The van der Waals surface area contributed by atoms with Gasteiger partial charge in [-0.25, -0.2) is 0 Å². The number of hydrogen-bond donors (Lipinski definition) is 0. The molecule has 0 aromatic heterocycles. The Kier molecular flexibility index (Phi) is 8.57. The molecule has 1 nitrogen and oxygen atoms in total. The Balaban J connectivity index is 1.13. The monoisotopic (exact) mass is 765 g/mol. The number of rotatable bonds is 7. The van der Waals surface area contributed by atoms with E-state index in [2.05, 4.69) is 243 Å². The van der Waals surface area contributed by atoms with E-state index in [9.17, 15) is 0 Å². The van der Waals surface area contributed by atoms with E-state index in [-0.39, 0.29) is 5.41 Å². The molecule has 0 spiro atoms. The fraction of sp³-hybridized carbons (Fsp3) is 0.0508. The maximum absolute atomic E-state index is 2.48. The lowest BCUT2D eigenvalue weighted by atomic mass is 9.82. The fourth-order valence-corrected chi connectivity index (χ4v) is 9.68. The standard InChI is InChI=1S/C59H43N/c1-59(2)55-26-14-13-24-51(55)52-37-36-47(39-56(52)59)60(46-34-32-43(33-35-46)42-30-28-41(29-31-42)40-16-5-3-6-17-40)57-27-15-25-53(58(57)44-18-7-4-8-19-44)54-38-45-20-9-10-21-48(45)49-22-11-12-23-50(49)54/h3-39H,1-2H3. The highest BCUT2D eigenvalue weighted by molar-refractivity contribution is 6.15. The van der Waals surface area contributed by atoms with Crippen molar-refractivity contribution in [3.63, 3.8) is 0 Å². The third-order valence-electron chi connectivity index (χ3n) is 12.7. The van der Waals surface area contributed by atoms with Crippen molar-refractivity contribution in [1.82, 2.24) is 0 Å². The van der Waals surface area contributed by atoms with E-state index < -0.39 is 0 Å². The van der Waals surface area contributed by atoms with Crippen molar-refractivity contribution in [3.8, 4) is 55.6 Å². The zero-order chi connectivity index (χ0) is 40.2. The molecule has 1 aliphatic rings. The van der Waals surface area contributed by atoms with Gasteiger partial charge in [-0.15, -0.1) is 0 Å². The molecular weight excluding hydrogens is 723 g/mol. The quantitative estimate of drug-likeness (QED) is 0.146. The van der Waals surface area contributed by atoms with Crippen molar-refractivity contribution in [1.29, 1.82) is 0 Å². The Morgan fingerprint density at radius 2 is 0.833 bits per heavy atom. The van der Waals surface area contributed by atoms with Crippen LogP contribution in [0.1, 0.15) is 25.0 Å². The summed E-state index contributed by atoms with van der Waals surface area (Å²) < 4.78 is 0. The van der Waals surface area contributed by atoms with E-state index in [0.29, 0.717) is 0 Å². The summed E-state index contributed by atoms with van der Waals surface area (Å²) in [6, 6.07) is 82.5. The van der Waals surface area contributed by atoms with Crippen molar-refractivity contribution in [2.45, 2.75) is 19.3 Å². The molecule has 0 amide bonds. The number of hydrogen-bond acceptors (Lipinski definition) is 1. The Hall–Kier alpha value is -7.48. The van der Waals surface area contributed by atoms with Crippen LogP contribution < -0.4 is 4.90 Å². The van der Waals surface area contributed by atoms with Crippen LogP contribution in [0.15, 0.2) is 224 Å². The molecule has 0 saturated carbocycles. The summed E-state index contributed by atoms with van der Waals surface area (Å²) in [5.41, 5.74) is 18.2. The summed E-state index contributed by atoms with van der Waals surface area (Å²) in [7, 11) is 0. The minimum atomic E-state index is -0.141. The van der Waals surface area contributed by atoms with Crippen LogP contribution in [-0.4, -0.2) is 0 Å². The highest BCUT2D eigenvalue weighted by Crippen LogP contribution is 2.52. The lowest BCUT2D eigenvalue weighted by molar-refractivity contribution is 0.660. The SMILES string of the molecule is CC1(C)c2ccccc2-c2ccc(N(c3ccc(-c4ccc(-c5ccccc5)cc4)cc3)c3cccc(-c4cc5ccccc5c5ccccc45)c3-c3ccccc3)cc21. The molecule has 0 N–H and O–H groups in total. The highest BCUT2D eigenvalue weighted by atomic mass is 15.1. The van der Waals surface area contributed by atoms with Gasteiger partial charge in [0.1, 0.15) is 0 Å². The van der Waals surface area contributed by atoms with Gasteiger partial charge in [0.2, 0.25) is 0 Å². The van der Waals surface area contributed by atoms with Crippen LogP contribution in [0.5, 0.6) is 0 Å². The van der Waals surface area contributed by atoms with Gasteiger partial charge in [0.15, 0.2) is 0 Å². The number of nitrogens with zero attached hydrogens (tertiary/aromatic N) is 1. The van der Waals surface area contributed by atoms with Gasteiger partial charge in [0.25, 0.3) is 0 Å². The lowest BCUT2D eigenvalue weighted by Crippen LogP contribution is -2.17. The maximum atomic E-state index is 2.48. The summed E-state index contributed by atoms with van der Waals surface area (Å²) >= 11 is 0. The summed E-state index contributed by atoms with van der Waals surface area (Å²) in [4.78, 5) is 2.48. The van der Waals surface area contributed by atoms with Crippen LogP contribution in [0.2, 0.25) is 0 Å². The molecule has 10 aromatic carbocycles. The first-order chi connectivity index (χ1) is 29.5. The molecule has 0 heterocycles. The Morgan fingerprint density at radius 1 is 0.317 bits per heavy atom. The second kappa shape index (κ2) is 14.4. The number of fused-ring (bicyclic) bond motifs is 6. The lowest BCUT2D eigenvalue weighted by Gasteiger charge is -2.31.